The van der Waals surface area contributed by atoms with Gasteiger partial charge in [0.2, 0.25) is 0 Å². The highest BCUT2D eigenvalue weighted by Crippen LogP contribution is 2.23. The third-order valence-electron chi connectivity index (χ3n) is 1.95. The minimum absolute atomic E-state index is 0.00143. The van der Waals surface area contributed by atoms with Crippen LogP contribution in [0, 0.1) is 5.82 Å². The molecule has 82 valence electrons. The fraction of sp³-hybridized carbons (Fsp3) is 0.364. The minimum atomic E-state index is -0.659. The summed E-state index contributed by atoms with van der Waals surface area (Å²) in [7, 11) is 0. The van der Waals surface area contributed by atoms with Gasteiger partial charge in [0.15, 0.2) is 5.78 Å². The molecule has 0 aromatic heterocycles. The first-order chi connectivity index (χ1) is 7.06. The summed E-state index contributed by atoms with van der Waals surface area (Å²) in [5, 5.41) is -0.00143. The number of ether oxygens (including phenoxy) is 1. The van der Waals surface area contributed by atoms with Crippen molar-refractivity contribution < 1.29 is 13.9 Å². The van der Waals surface area contributed by atoms with Gasteiger partial charge < -0.3 is 4.74 Å². The standard InChI is InChI=1S/C11H12ClFO2/c1-3-15-11(7(2)14)8-4-5-10(13)9(12)6-8/h4-6,11H,3H2,1-2H3. The van der Waals surface area contributed by atoms with E-state index in [1.807, 2.05) is 0 Å². The molecule has 0 saturated carbocycles. The van der Waals surface area contributed by atoms with Crippen LogP contribution in [-0.2, 0) is 9.53 Å². The zero-order valence-electron chi connectivity index (χ0n) is 8.59. The van der Waals surface area contributed by atoms with E-state index in [2.05, 4.69) is 0 Å². The Morgan fingerprint density at radius 1 is 1.60 bits per heavy atom. The zero-order chi connectivity index (χ0) is 11.4. The van der Waals surface area contributed by atoms with E-state index >= 15 is 0 Å². The molecule has 0 radical (unpaired) electrons. The molecule has 0 amide bonds. The molecule has 0 spiro atoms. The van der Waals surface area contributed by atoms with Gasteiger partial charge in [0.05, 0.1) is 5.02 Å². The molecule has 15 heavy (non-hydrogen) atoms. The number of carbonyl (C=O) groups excluding carboxylic acids is 1. The van der Waals surface area contributed by atoms with Gasteiger partial charge in [-0.05, 0) is 31.5 Å². The number of hydrogen-bond acceptors (Lipinski definition) is 2. The van der Waals surface area contributed by atoms with Crippen molar-refractivity contribution in [3.05, 3.63) is 34.6 Å². The molecule has 0 saturated heterocycles. The lowest BCUT2D eigenvalue weighted by Gasteiger charge is -2.14. The second kappa shape index (κ2) is 5.24. The number of halogens is 2. The van der Waals surface area contributed by atoms with Crippen molar-refractivity contribution in [2.24, 2.45) is 0 Å². The number of benzene rings is 1. The first kappa shape index (κ1) is 12.1. The van der Waals surface area contributed by atoms with Gasteiger partial charge in [0, 0.05) is 6.61 Å². The van der Waals surface area contributed by atoms with Crippen molar-refractivity contribution in [1.29, 1.82) is 0 Å². The molecular formula is C11H12ClFO2. The third-order valence-corrected chi connectivity index (χ3v) is 2.24. The molecule has 4 heteroatoms. The summed E-state index contributed by atoms with van der Waals surface area (Å²) < 4.78 is 18.1. The summed E-state index contributed by atoms with van der Waals surface area (Å²) in [6, 6.07) is 4.15. The van der Waals surface area contributed by atoms with E-state index in [-0.39, 0.29) is 10.8 Å². The van der Waals surface area contributed by atoms with E-state index in [9.17, 15) is 9.18 Å². The highest BCUT2D eigenvalue weighted by Gasteiger charge is 2.17. The van der Waals surface area contributed by atoms with Gasteiger partial charge in [-0.2, -0.15) is 0 Å². The fourth-order valence-corrected chi connectivity index (χ4v) is 1.48. The Morgan fingerprint density at radius 2 is 2.27 bits per heavy atom. The van der Waals surface area contributed by atoms with Crippen LogP contribution in [0.4, 0.5) is 4.39 Å². The Balaban J connectivity index is 3.01. The average Bonchev–Trinajstić information content (AvgIpc) is 2.18. The molecule has 0 heterocycles. The zero-order valence-corrected chi connectivity index (χ0v) is 9.34. The second-order valence-electron chi connectivity index (χ2n) is 3.12. The first-order valence-corrected chi connectivity index (χ1v) is 5.01. The van der Waals surface area contributed by atoms with Gasteiger partial charge in [0.25, 0.3) is 0 Å². The SMILES string of the molecule is CCOC(C(C)=O)c1ccc(F)c(Cl)c1. The van der Waals surface area contributed by atoms with Gasteiger partial charge in [0.1, 0.15) is 11.9 Å². The topological polar surface area (TPSA) is 26.3 Å². The lowest BCUT2D eigenvalue weighted by molar-refractivity contribution is -0.128. The Hall–Kier alpha value is -0.930. The normalized spacial score (nSPS) is 12.5. The molecule has 0 aliphatic heterocycles. The van der Waals surface area contributed by atoms with Crippen LogP contribution in [0.15, 0.2) is 18.2 Å². The maximum absolute atomic E-state index is 12.9. The van der Waals surface area contributed by atoms with Crippen molar-refractivity contribution in [3.63, 3.8) is 0 Å². The number of ketones is 1. The number of rotatable bonds is 4. The molecule has 1 aromatic rings. The molecule has 0 aliphatic carbocycles. The lowest BCUT2D eigenvalue weighted by atomic mass is 10.1. The highest BCUT2D eigenvalue weighted by atomic mass is 35.5. The maximum atomic E-state index is 12.9. The van der Waals surface area contributed by atoms with Crippen molar-refractivity contribution >= 4 is 17.4 Å². The third kappa shape index (κ3) is 3.01. The van der Waals surface area contributed by atoms with Gasteiger partial charge in [-0.15, -0.1) is 0 Å². The summed E-state index contributed by atoms with van der Waals surface area (Å²) >= 11 is 5.62. The predicted octanol–water partition coefficient (Wildman–Crippen LogP) is 3.15. The molecule has 0 N–H and O–H groups in total. The summed E-state index contributed by atoms with van der Waals surface area (Å²) in [6.45, 7) is 3.64. The number of carbonyl (C=O) groups is 1. The summed E-state index contributed by atoms with van der Waals surface area (Å²) in [6.07, 6.45) is -0.659. The molecule has 1 unspecified atom stereocenters. The Labute approximate surface area is 93.0 Å². The van der Waals surface area contributed by atoms with E-state index in [0.29, 0.717) is 12.2 Å². The van der Waals surface area contributed by atoms with Crippen LogP contribution in [-0.4, -0.2) is 12.4 Å². The van der Waals surface area contributed by atoms with Crippen molar-refractivity contribution in [1.82, 2.24) is 0 Å². The Kier molecular flexibility index (Phi) is 4.24. The average molecular weight is 231 g/mol. The quantitative estimate of drug-likeness (QED) is 0.794. The summed E-state index contributed by atoms with van der Waals surface area (Å²) in [5.74, 6) is -0.626. The summed E-state index contributed by atoms with van der Waals surface area (Å²) in [4.78, 5) is 11.3. The van der Waals surface area contributed by atoms with Gasteiger partial charge >= 0.3 is 0 Å². The molecule has 2 nitrogen and oxygen atoms in total. The van der Waals surface area contributed by atoms with E-state index in [0.717, 1.165) is 0 Å². The van der Waals surface area contributed by atoms with Crippen molar-refractivity contribution in [2.45, 2.75) is 20.0 Å². The Bertz CT molecular complexity index is 366. The molecular weight excluding hydrogens is 219 g/mol. The minimum Gasteiger partial charge on any atom is -0.366 e. The first-order valence-electron chi connectivity index (χ1n) is 4.63. The molecule has 0 fully saturated rings. The van der Waals surface area contributed by atoms with E-state index in [4.69, 9.17) is 16.3 Å². The molecule has 1 atom stereocenters. The Morgan fingerprint density at radius 3 is 2.73 bits per heavy atom. The van der Waals surface area contributed by atoms with E-state index in [1.54, 1.807) is 6.92 Å². The van der Waals surface area contributed by atoms with E-state index < -0.39 is 11.9 Å². The molecule has 0 bridgehead atoms. The van der Waals surface area contributed by atoms with Crippen LogP contribution in [0.3, 0.4) is 0 Å². The number of Topliss-reactive ketones (excluding diaryl/α,β-unsaturated/α-hetero) is 1. The van der Waals surface area contributed by atoms with Crippen molar-refractivity contribution in [3.8, 4) is 0 Å². The van der Waals surface area contributed by atoms with Gasteiger partial charge in [-0.25, -0.2) is 4.39 Å². The monoisotopic (exact) mass is 230 g/mol. The maximum Gasteiger partial charge on any atom is 0.163 e. The van der Waals surface area contributed by atoms with Crippen molar-refractivity contribution in [2.75, 3.05) is 6.61 Å². The second-order valence-corrected chi connectivity index (χ2v) is 3.53. The van der Waals surface area contributed by atoms with Gasteiger partial charge in [-0.1, -0.05) is 17.7 Å². The molecule has 1 aromatic carbocycles. The largest absolute Gasteiger partial charge is 0.366 e. The van der Waals surface area contributed by atoms with E-state index in [1.165, 1.54) is 25.1 Å². The van der Waals surface area contributed by atoms with Crippen LogP contribution in [0.25, 0.3) is 0 Å². The summed E-state index contributed by atoms with van der Waals surface area (Å²) in [5.41, 5.74) is 0.579. The molecule has 0 aliphatic rings. The van der Waals surface area contributed by atoms with Crippen LogP contribution in [0.1, 0.15) is 25.5 Å². The fourth-order valence-electron chi connectivity index (χ4n) is 1.29. The lowest BCUT2D eigenvalue weighted by Crippen LogP contribution is -2.13. The predicted molar refractivity (Wildman–Crippen MR) is 56.5 cm³/mol. The highest BCUT2D eigenvalue weighted by molar-refractivity contribution is 6.30. The molecule has 1 rings (SSSR count). The van der Waals surface area contributed by atoms with Crippen LogP contribution >= 0.6 is 11.6 Å². The van der Waals surface area contributed by atoms with Gasteiger partial charge in [-0.3, -0.25) is 4.79 Å². The van der Waals surface area contributed by atoms with Crippen LogP contribution < -0.4 is 0 Å². The van der Waals surface area contributed by atoms with Crippen LogP contribution in [0.2, 0.25) is 5.02 Å². The smallest absolute Gasteiger partial charge is 0.163 e. The van der Waals surface area contributed by atoms with Crippen LogP contribution in [0.5, 0.6) is 0 Å². The number of hydrogen-bond donors (Lipinski definition) is 0.